The van der Waals surface area contributed by atoms with Crippen LogP contribution >= 0.6 is 15.6 Å². The third-order valence-electron chi connectivity index (χ3n) is 1.68. The van der Waals surface area contributed by atoms with Crippen molar-refractivity contribution in [2.45, 2.75) is 6.92 Å². The summed E-state index contributed by atoms with van der Waals surface area (Å²) in [6, 6.07) is 3.88. The van der Waals surface area contributed by atoms with Crippen molar-refractivity contribution in [3.05, 3.63) is 23.8 Å². The van der Waals surface area contributed by atoms with Gasteiger partial charge in [0, 0.05) is 5.56 Å². The standard InChI is InChI=1S/C7H10O8P2/c1-5-6(8)3-2-4-7(5)14-17(12,13)15-16(9,10)11/h2-4,8H,1H3,(H,12,13)(H2,9,10,11). The van der Waals surface area contributed by atoms with E-state index >= 15 is 0 Å². The second-order valence-corrected chi connectivity index (χ2v) is 5.79. The van der Waals surface area contributed by atoms with Crippen molar-refractivity contribution in [3.8, 4) is 11.5 Å². The predicted octanol–water partition coefficient (Wildman–Crippen LogP) is 1.29. The monoisotopic (exact) mass is 284 g/mol. The molecule has 0 saturated carbocycles. The molecule has 0 saturated heterocycles. The number of phosphoric acid groups is 2. The van der Waals surface area contributed by atoms with Gasteiger partial charge in [0.05, 0.1) is 0 Å². The first kappa shape index (κ1) is 14.2. The van der Waals surface area contributed by atoms with E-state index in [1.807, 2.05) is 0 Å². The molecule has 0 amide bonds. The van der Waals surface area contributed by atoms with Gasteiger partial charge in [0.1, 0.15) is 11.5 Å². The first-order valence-corrected chi connectivity index (χ1v) is 7.21. The summed E-state index contributed by atoms with van der Waals surface area (Å²) in [7, 11) is -10.1. The highest BCUT2D eigenvalue weighted by atomic mass is 31.3. The molecule has 0 aliphatic heterocycles. The summed E-state index contributed by atoms with van der Waals surface area (Å²) in [5.74, 6) is -0.414. The number of phenolic OH excluding ortho intramolecular Hbond substituents is 1. The van der Waals surface area contributed by atoms with Crippen molar-refractivity contribution in [3.63, 3.8) is 0 Å². The minimum Gasteiger partial charge on any atom is -0.508 e. The Labute approximate surface area is 96.3 Å². The lowest BCUT2D eigenvalue weighted by molar-refractivity contribution is 0.229. The molecule has 1 unspecified atom stereocenters. The fourth-order valence-electron chi connectivity index (χ4n) is 0.977. The highest BCUT2D eigenvalue weighted by molar-refractivity contribution is 7.60. The van der Waals surface area contributed by atoms with Gasteiger partial charge in [-0.3, -0.25) is 4.89 Å². The van der Waals surface area contributed by atoms with Crippen LogP contribution in [0.15, 0.2) is 18.2 Å². The van der Waals surface area contributed by atoms with Crippen molar-refractivity contribution >= 4 is 15.6 Å². The van der Waals surface area contributed by atoms with Gasteiger partial charge < -0.3 is 19.4 Å². The molecule has 1 aromatic carbocycles. The molecule has 17 heavy (non-hydrogen) atoms. The first-order chi connectivity index (χ1) is 7.61. The Morgan fingerprint density at radius 1 is 1.18 bits per heavy atom. The second-order valence-electron chi connectivity index (χ2n) is 3.03. The van der Waals surface area contributed by atoms with Crippen LogP contribution in [0.4, 0.5) is 0 Å². The van der Waals surface area contributed by atoms with Gasteiger partial charge in [0.15, 0.2) is 0 Å². The Morgan fingerprint density at radius 3 is 2.29 bits per heavy atom. The maximum absolute atomic E-state index is 11.2. The smallest absolute Gasteiger partial charge is 0.508 e. The van der Waals surface area contributed by atoms with Crippen LogP contribution in [-0.2, 0) is 13.4 Å². The fraction of sp³-hybridized carbons (Fsp3) is 0.143. The Balaban J connectivity index is 2.95. The Hall–Kier alpha value is -0.880. The summed E-state index contributed by atoms with van der Waals surface area (Å²) >= 11 is 0. The molecule has 0 bridgehead atoms. The summed E-state index contributed by atoms with van der Waals surface area (Å²) in [5.41, 5.74) is 0.135. The van der Waals surface area contributed by atoms with Crippen LogP contribution in [0.1, 0.15) is 5.56 Å². The lowest BCUT2D eigenvalue weighted by Gasteiger charge is -2.14. The van der Waals surface area contributed by atoms with Gasteiger partial charge in [-0.15, -0.1) is 0 Å². The summed E-state index contributed by atoms with van der Waals surface area (Å²) in [5, 5.41) is 9.28. The summed E-state index contributed by atoms with van der Waals surface area (Å²) in [6.45, 7) is 1.39. The molecule has 1 rings (SSSR count). The molecule has 0 aliphatic rings. The molecule has 10 heteroatoms. The van der Waals surface area contributed by atoms with Gasteiger partial charge >= 0.3 is 15.6 Å². The molecule has 96 valence electrons. The molecular formula is C7H10O8P2. The van der Waals surface area contributed by atoms with Crippen LogP contribution in [0.5, 0.6) is 11.5 Å². The molecule has 0 aromatic heterocycles. The Bertz CT molecular complexity index is 507. The SMILES string of the molecule is Cc1c(O)cccc1OP(=O)(O)OP(=O)(O)O. The van der Waals surface area contributed by atoms with E-state index in [9.17, 15) is 14.2 Å². The molecule has 0 radical (unpaired) electrons. The highest BCUT2D eigenvalue weighted by Crippen LogP contribution is 2.57. The third-order valence-corrected chi connectivity index (χ3v) is 3.78. The van der Waals surface area contributed by atoms with Crippen molar-refractivity contribution in [2.75, 3.05) is 0 Å². The van der Waals surface area contributed by atoms with Crippen LogP contribution < -0.4 is 4.52 Å². The molecule has 8 nitrogen and oxygen atoms in total. The maximum atomic E-state index is 11.2. The van der Waals surface area contributed by atoms with Crippen molar-refractivity contribution < 1.29 is 37.8 Å². The number of rotatable bonds is 4. The Kier molecular flexibility index (Phi) is 3.99. The summed E-state index contributed by atoms with van der Waals surface area (Å²) < 4.78 is 29.6. The zero-order valence-electron chi connectivity index (χ0n) is 8.55. The molecule has 4 N–H and O–H groups in total. The molecule has 0 heterocycles. The van der Waals surface area contributed by atoms with Crippen LogP contribution in [-0.4, -0.2) is 19.8 Å². The number of phenols is 1. The van der Waals surface area contributed by atoms with Gasteiger partial charge in [0.25, 0.3) is 0 Å². The maximum Gasteiger partial charge on any atom is 0.536 e. The van der Waals surface area contributed by atoms with Crippen molar-refractivity contribution in [1.29, 1.82) is 0 Å². The quantitative estimate of drug-likeness (QED) is 0.607. The normalized spacial score (nSPS) is 15.3. The molecule has 1 aromatic rings. The zero-order valence-corrected chi connectivity index (χ0v) is 10.3. The van der Waals surface area contributed by atoms with E-state index in [1.54, 1.807) is 0 Å². The summed E-state index contributed by atoms with van der Waals surface area (Å²) in [4.78, 5) is 25.8. The number of benzene rings is 1. The van der Waals surface area contributed by atoms with E-state index in [4.69, 9.17) is 14.7 Å². The van der Waals surface area contributed by atoms with Gasteiger partial charge in [-0.2, -0.15) is 4.31 Å². The minimum absolute atomic E-state index is 0.135. The fourth-order valence-corrected chi connectivity index (χ4v) is 2.63. The zero-order chi connectivity index (χ0) is 13.3. The molecule has 0 spiro atoms. The number of aromatic hydroxyl groups is 1. The van der Waals surface area contributed by atoms with E-state index in [2.05, 4.69) is 8.83 Å². The average molecular weight is 284 g/mol. The molecular weight excluding hydrogens is 274 g/mol. The Morgan fingerprint density at radius 2 is 1.76 bits per heavy atom. The minimum atomic E-state index is -5.15. The van der Waals surface area contributed by atoms with Crippen LogP contribution in [0.25, 0.3) is 0 Å². The van der Waals surface area contributed by atoms with E-state index < -0.39 is 15.6 Å². The molecule has 0 fully saturated rings. The van der Waals surface area contributed by atoms with Gasteiger partial charge in [0.2, 0.25) is 0 Å². The largest absolute Gasteiger partial charge is 0.536 e. The van der Waals surface area contributed by atoms with E-state index in [1.165, 1.54) is 25.1 Å². The van der Waals surface area contributed by atoms with Crippen molar-refractivity contribution in [2.24, 2.45) is 0 Å². The lowest BCUT2D eigenvalue weighted by atomic mass is 10.2. The van der Waals surface area contributed by atoms with Gasteiger partial charge in [-0.05, 0) is 19.1 Å². The van der Waals surface area contributed by atoms with Gasteiger partial charge in [-0.1, -0.05) is 6.07 Å². The topological polar surface area (TPSA) is 134 Å². The van der Waals surface area contributed by atoms with E-state index in [0.717, 1.165) is 0 Å². The van der Waals surface area contributed by atoms with Crippen LogP contribution in [0.3, 0.4) is 0 Å². The van der Waals surface area contributed by atoms with E-state index in [-0.39, 0.29) is 17.1 Å². The predicted molar refractivity (Wildman–Crippen MR) is 56.4 cm³/mol. The molecule has 0 aliphatic carbocycles. The average Bonchev–Trinajstić information content (AvgIpc) is 2.08. The first-order valence-electron chi connectivity index (χ1n) is 4.18. The van der Waals surface area contributed by atoms with Crippen molar-refractivity contribution in [1.82, 2.24) is 0 Å². The van der Waals surface area contributed by atoms with Crippen LogP contribution in [0, 0.1) is 6.92 Å². The van der Waals surface area contributed by atoms with Gasteiger partial charge in [-0.25, -0.2) is 9.13 Å². The number of hydrogen-bond acceptors (Lipinski definition) is 5. The number of phosphoric ester groups is 1. The second kappa shape index (κ2) is 4.78. The highest BCUT2D eigenvalue weighted by Gasteiger charge is 2.34. The number of hydrogen-bond donors (Lipinski definition) is 4. The lowest BCUT2D eigenvalue weighted by Crippen LogP contribution is -1.97. The molecule has 1 atom stereocenters. The summed E-state index contributed by atoms with van der Waals surface area (Å²) in [6.07, 6.45) is 0. The van der Waals surface area contributed by atoms with Crippen LogP contribution in [0.2, 0.25) is 0 Å². The third kappa shape index (κ3) is 4.47. The van der Waals surface area contributed by atoms with E-state index in [0.29, 0.717) is 0 Å².